The number of hydrogen-bond donors (Lipinski definition) is 0. The topological polar surface area (TPSA) is 111 Å². The van der Waals surface area contributed by atoms with E-state index in [1.165, 1.54) is 32.1 Å². The molecule has 0 aliphatic carbocycles. The summed E-state index contributed by atoms with van der Waals surface area (Å²) in [6.07, 6.45) is 47.8. The Morgan fingerprint density at radius 1 is 0.534 bits per heavy atom. The molecule has 0 aromatic rings. The van der Waals surface area contributed by atoms with E-state index in [0.29, 0.717) is 17.4 Å². The van der Waals surface area contributed by atoms with Crippen LogP contribution in [0.3, 0.4) is 0 Å². The zero-order valence-electron chi connectivity index (χ0n) is 37.1. The maximum atomic E-state index is 12.7. The molecule has 0 N–H and O–H groups in total. The molecule has 0 aromatic heterocycles. The molecule has 0 rings (SSSR count). The van der Waals surface area contributed by atoms with E-state index in [9.17, 15) is 19.5 Å². The number of carbonyl (C=O) groups excluding carboxylic acids is 3. The number of quaternary nitrogens is 1. The Hall–Kier alpha value is -3.53. The molecule has 0 aliphatic heterocycles. The fourth-order valence-electron chi connectivity index (χ4n) is 5.45. The van der Waals surface area contributed by atoms with Gasteiger partial charge in [0.05, 0.1) is 40.3 Å². The number of esters is 2. The Morgan fingerprint density at radius 2 is 0.983 bits per heavy atom. The molecular weight excluding hydrogens is 731 g/mol. The highest BCUT2D eigenvalue weighted by molar-refractivity contribution is 5.70. The minimum atomic E-state index is -1.63. The first kappa shape index (κ1) is 54.5. The second-order valence-electron chi connectivity index (χ2n) is 15.6. The SMILES string of the molecule is CC/C=C\C/C=C\C/C=C\C/C=C\C/C=C\C/C=C\C/C=C\CCCCCC(=O)OC(COC(=O)CCCCCCCCCC)COC(OCC[N+](C)(C)C)C(=O)[O-]. The van der Waals surface area contributed by atoms with Crippen LogP contribution < -0.4 is 5.11 Å². The number of nitrogens with zero attached hydrogens (tertiary/aromatic N) is 1. The first-order valence-electron chi connectivity index (χ1n) is 22.2. The highest BCUT2D eigenvalue weighted by Crippen LogP contribution is 2.12. The second kappa shape index (κ2) is 40.3. The van der Waals surface area contributed by atoms with Gasteiger partial charge in [-0.15, -0.1) is 0 Å². The molecule has 58 heavy (non-hydrogen) atoms. The van der Waals surface area contributed by atoms with E-state index in [0.717, 1.165) is 83.5 Å². The molecule has 0 aromatic carbocycles. The summed E-state index contributed by atoms with van der Waals surface area (Å²) in [6, 6.07) is 0. The second-order valence-corrected chi connectivity index (χ2v) is 15.6. The summed E-state index contributed by atoms with van der Waals surface area (Å²) in [4.78, 5) is 36.8. The van der Waals surface area contributed by atoms with Crippen LogP contribution in [0.1, 0.15) is 149 Å². The lowest BCUT2D eigenvalue weighted by molar-refractivity contribution is -0.870. The zero-order valence-corrected chi connectivity index (χ0v) is 37.1. The predicted molar refractivity (Wildman–Crippen MR) is 237 cm³/mol. The standard InChI is InChI=1S/C49H81NO8/c1-6-8-10-12-14-16-17-18-19-20-21-22-23-24-25-26-27-28-29-30-31-32-34-36-38-40-47(52)58-45(44-57-49(48(53)54)55-42-41-50(3,4)5)43-56-46(51)39-37-35-33-15-13-11-9-7-2/h8,10,14,16,18-19,21-22,24-25,27-28,30-31,45,49H,6-7,9,11-13,15,17,20,23,26,29,32-44H2,1-5H3/b10-8-,16-14-,19-18-,22-21-,25-24-,28-27-,31-30-. The van der Waals surface area contributed by atoms with Crippen molar-refractivity contribution >= 4 is 17.9 Å². The minimum absolute atomic E-state index is 0.137. The van der Waals surface area contributed by atoms with Crippen LogP contribution in [0.2, 0.25) is 0 Å². The lowest BCUT2D eigenvalue weighted by atomic mass is 10.1. The van der Waals surface area contributed by atoms with Crippen LogP contribution in [0.25, 0.3) is 0 Å². The number of likely N-dealkylation sites (N-methyl/N-ethyl adjacent to an activating group) is 1. The van der Waals surface area contributed by atoms with Crippen LogP contribution in [0.5, 0.6) is 0 Å². The number of aliphatic carboxylic acids is 1. The molecule has 9 nitrogen and oxygen atoms in total. The number of hydrogen-bond acceptors (Lipinski definition) is 8. The third-order valence-corrected chi connectivity index (χ3v) is 8.91. The Labute approximate surface area is 353 Å². The lowest BCUT2D eigenvalue weighted by Crippen LogP contribution is -2.44. The summed E-state index contributed by atoms with van der Waals surface area (Å²) < 4.78 is 22.4. The summed E-state index contributed by atoms with van der Waals surface area (Å²) in [5.41, 5.74) is 0. The Balaban J connectivity index is 4.43. The average Bonchev–Trinajstić information content (AvgIpc) is 3.18. The van der Waals surface area contributed by atoms with Crippen LogP contribution in [-0.4, -0.2) is 82.3 Å². The van der Waals surface area contributed by atoms with Crippen molar-refractivity contribution in [1.29, 1.82) is 0 Å². The molecule has 0 heterocycles. The highest BCUT2D eigenvalue weighted by Gasteiger charge is 2.21. The Morgan fingerprint density at radius 3 is 1.47 bits per heavy atom. The highest BCUT2D eigenvalue weighted by atomic mass is 16.7. The van der Waals surface area contributed by atoms with Crippen molar-refractivity contribution in [2.24, 2.45) is 0 Å². The van der Waals surface area contributed by atoms with E-state index >= 15 is 0 Å². The van der Waals surface area contributed by atoms with Crippen molar-refractivity contribution in [3.05, 3.63) is 85.1 Å². The Bertz CT molecular complexity index is 1220. The van der Waals surface area contributed by atoms with E-state index < -0.39 is 24.3 Å². The predicted octanol–water partition coefficient (Wildman–Crippen LogP) is 10.4. The largest absolute Gasteiger partial charge is 0.545 e. The van der Waals surface area contributed by atoms with Crippen molar-refractivity contribution in [2.75, 3.05) is 47.5 Å². The van der Waals surface area contributed by atoms with Gasteiger partial charge in [0.1, 0.15) is 13.2 Å². The van der Waals surface area contributed by atoms with Gasteiger partial charge in [0, 0.05) is 12.8 Å². The van der Waals surface area contributed by atoms with Crippen LogP contribution in [0.15, 0.2) is 85.1 Å². The van der Waals surface area contributed by atoms with Crippen LogP contribution in [0.4, 0.5) is 0 Å². The van der Waals surface area contributed by atoms with Gasteiger partial charge in [0.15, 0.2) is 12.4 Å². The quantitative estimate of drug-likeness (QED) is 0.0198. The van der Waals surface area contributed by atoms with E-state index in [-0.39, 0.29) is 38.6 Å². The molecule has 0 fully saturated rings. The summed E-state index contributed by atoms with van der Waals surface area (Å²) in [5, 5.41) is 11.7. The number of unbranched alkanes of at least 4 members (excludes halogenated alkanes) is 10. The first-order valence-corrected chi connectivity index (χ1v) is 22.2. The number of rotatable bonds is 39. The summed E-state index contributed by atoms with van der Waals surface area (Å²) >= 11 is 0. The molecule has 330 valence electrons. The summed E-state index contributed by atoms with van der Waals surface area (Å²) in [6.45, 7) is 4.52. The van der Waals surface area contributed by atoms with Crippen LogP contribution in [0, 0.1) is 0 Å². The van der Waals surface area contributed by atoms with E-state index in [4.69, 9.17) is 18.9 Å². The number of carboxylic acids is 1. The van der Waals surface area contributed by atoms with Crippen LogP contribution >= 0.6 is 0 Å². The molecule has 0 saturated carbocycles. The smallest absolute Gasteiger partial charge is 0.306 e. The van der Waals surface area contributed by atoms with Crippen LogP contribution in [-0.2, 0) is 33.3 Å². The lowest BCUT2D eigenvalue weighted by Gasteiger charge is -2.26. The van der Waals surface area contributed by atoms with E-state index in [1.807, 2.05) is 21.1 Å². The number of carbonyl (C=O) groups is 3. The van der Waals surface area contributed by atoms with Gasteiger partial charge in [0.2, 0.25) is 0 Å². The molecular formula is C49H81NO8. The molecule has 0 spiro atoms. The van der Waals surface area contributed by atoms with Gasteiger partial charge in [-0.3, -0.25) is 9.59 Å². The monoisotopic (exact) mass is 812 g/mol. The zero-order chi connectivity index (χ0) is 42.8. The van der Waals surface area contributed by atoms with Gasteiger partial charge in [-0.25, -0.2) is 0 Å². The molecule has 0 aliphatic rings. The van der Waals surface area contributed by atoms with Gasteiger partial charge in [-0.2, -0.15) is 0 Å². The fraction of sp³-hybridized carbons (Fsp3) is 0.653. The molecule has 0 saturated heterocycles. The summed E-state index contributed by atoms with van der Waals surface area (Å²) in [5.74, 6) is -2.35. The third kappa shape index (κ3) is 40.7. The Kier molecular flexibility index (Phi) is 37.8. The molecule has 2 atom stereocenters. The maximum Gasteiger partial charge on any atom is 0.306 e. The number of carboxylic acid groups (broad SMARTS) is 1. The van der Waals surface area contributed by atoms with Crippen molar-refractivity contribution in [2.45, 2.75) is 161 Å². The normalized spacial score (nSPS) is 13.7. The number of allylic oxidation sites excluding steroid dienone is 14. The average molecular weight is 812 g/mol. The van der Waals surface area contributed by atoms with Gasteiger partial charge in [-0.1, -0.05) is 150 Å². The minimum Gasteiger partial charge on any atom is -0.545 e. The van der Waals surface area contributed by atoms with Gasteiger partial charge < -0.3 is 33.3 Å². The fourth-order valence-corrected chi connectivity index (χ4v) is 5.45. The van der Waals surface area contributed by atoms with Crippen molar-refractivity contribution < 1.29 is 42.9 Å². The number of ether oxygens (including phenoxy) is 4. The molecule has 0 radical (unpaired) electrons. The molecule has 0 bridgehead atoms. The van der Waals surface area contributed by atoms with E-state index in [2.05, 4.69) is 98.9 Å². The van der Waals surface area contributed by atoms with Gasteiger partial charge >= 0.3 is 11.9 Å². The molecule has 2 unspecified atom stereocenters. The molecule has 0 amide bonds. The maximum absolute atomic E-state index is 12.7. The van der Waals surface area contributed by atoms with E-state index in [1.54, 1.807) is 0 Å². The summed E-state index contributed by atoms with van der Waals surface area (Å²) in [7, 11) is 5.88. The van der Waals surface area contributed by atoms with Gasteiger partial charge in [-0.05, 0) is 70.6 Å². The first-order chi connectivity index (χ1) is 28.1. The third-order valence-electron chi connectivity index (χ3n) is 8.91. The van der Waals surface area contributed by atoms with Crippen molar-refractivity contribution in [3.8, 4) is 0 Å². The van der Waals surface area contributed by atoms with Crippen molar-refractivity contribution in [3.63, 3.8) is 0 Å². The van der Waals surface area contributed by atoms with Crippen molar-refractivity contribution in [1.82, 2.24) is 0 Å². The molecule has 9 heteroatoms. The van der Waals surface area contributed by atoms with Gasteiger partial charge in [0.25, 0.3) is 0 Å².